The van der Waals surface area contributed by atoms with Crippen LogP contribution < -0.4 is 0 Å². The molecule has 0 aromatic carbocycles. The molecule has 0 amide bonds. The lowest BCUT2D eigenvalue weighted by Crippen LogP contribution is -2.51. The van der Waals surface area contributed by atoms with Crippen molar-refractivity contribution in [2.75, 3.05) is 0 Å². The molecule has 0 aromatic rings. The maximum absolute atomic E-state index is 11.4. The van der Waals surface area contributed by atoms with Crippen LogP contribution in [0.25, 0.3) is 0 Å². The molecular weight excluding hydrogens is 212 g/mol. The smallest absolute Gasteiger partial charge is 0.303 e. The Morgan fingerprint density at radius 3 is 2.76 bits per heavy atom. The van der Waals surface area contributed by atoms with Crippen LogP contribution in [0.1, 0.15) is 58.8 Å². The number of esters is 1. The zero-order valence-electron chi connectivity index (χ0n) is 10.9. The van der Waals surface area contributed by atoms with E-state index in [2.05, 4.69) is 6.92 Å². The van der Waals surface area contributed by atoms with Crippen molar-refractivity contribution in [1.29, 1.82) is 0 Å². The second-order valence-corrected chi connectivity index (χ2v) is 7.33. The van der Waals surface area contributed by atoms with Crippen LogP contribution >= 0.6 is 0 Å². The van der Waals surface area contributed by atoms with E-state index in [1.54, 1.807) is 6.92 Å². The van der Waals surface area contributed by atoms with Crippen molar-refractivity contribution in [2.45, 2.75) is 64.4 Å². The van der Waals surface area contributed by atoms with E-state index in [1.807, 2.05) is 0 Å². The molecule has 3 bridgehead atoms. The third kappa shape index (κ3) is 0.982. The molecule has 4 aliphatic rings. The molecule has 4 fully saturated rings. The Kier molecular flexibility index (Phi) is 1.67. The highest BCUT2D eigenvalue weighted by molar-refractivity contribution is 5.66. The van der Waals surface area contributed by atoms with Crippen molar-refractivity contribution in [3.05, 3.63) is 0 Å². The Morgan fingerprint density at radius 2 is 2.06 bits per heavy atom. The molecule has 0 aromatic heterocycles. The summed E-state index contributed by atoms with van der Waals surface area (Å²) in [6.07, 6.45) is 9.14. The fourth-order valence-electron chi connectivity index (χ4n) is 6.64. The van der Waals surface area contributed by atoms with E-state index < -0.39 is 0 Å². The van der Waals surface area contributed by atoms with Crippen LogP contribution in [0.5, 0.6) is 0 Å². The van der Waals surface area contributed by atoms with Gasteiger partial charge in [-0.1, -0.05) is 6.92 Å². The molecule has 5 unspecified atom stereocenters. The first-order chi connectivity index (χ1) is 8.03. The Bertz CT molecular complexity index is 398. The average molecular weight is 234 g/mol. The number of carbonyl (C=O) groups is 1. The summed E-state index contributed by atoms with van der Waals surface area (Å²) in [6, 6.07) is 0. The Hall–Kier alpha value is -0.530. The van der Waals surface area contributed by atoms with Gasteiger partial charge >= 0.3 is 5.97 Å². The monoisotopic (exact) mass is 234 g/mol. The number of hydrogen-bond acceptors (Lipinski definition) is 2. The summed E-state index contributed by atoms with van der Waals surface area (Å²) in [5, 5.41) is 0. The minimum atomic E-state index is -0.0638. The van der Waals surface area contributed by atoms with Gasteiger partial charge in [0.25, 0.3) is 0 Å². The van der Waals surface area contributed by atoms with E-state index in [4.69, 9.17) is 4.74 Å². The molecule has 5 atom stereocenters. The van der Waals surface area contributed by atoms with Gasteiger partial charge in [-0.3, -0.25) is 4.79 Å². The summed E-state index contributed by atoms with van der Waals surface area (Å²) >= 11 is 0. The zero-order valence-corrected chi connectivity index (χ0v) is 10.9. The summed E-state index contributed by atoms with van der Waals surface area (Å²) in [7, 11) is 0. The molecule has 0 saturated heterocycles. The fraction of sp³-hybridized carbons (Fsp3) is 0.933. The van der Waals surface area contributed by atoms with Gasteiger partial charge < -0.3 is 4.74 Å². The molecule has 0 N–H and O–H groups in total. The van der Waals surface area contributed by atoms with Crippen molar-refractivity contribution in [1.82, 2.24) is 0 Å². The van der Waals surface area contributed by atoms with E-state index in [9.17, 15) is 4.79 Å². The van der Waals surface area contributed by atoms with Gasteiger partial charge in [-0.2, -0.15) is 0 Å². The Balaban J connectivity index is 1.73. The SMILES string of the molecule is CCC12CC3CC4(OC(C)=O)CC(C1)C2(C3)C4. The van der Waals surface area contributed by atoms with Crippen LogP contribution in [0.15, 0.2) is 0 Å². The predicted octanol–water partition coefficient (Wildman–Crippen LogP) is 3.30. The third-order valence-corrected chi connectivity index (χ3v) is 6.76. The summed E-state index contributed by atoms with van der Waals surface area (Å²) in [5.74, 6) is 1.65. The summed E-state index contributed by atoms with van der Waals surface area (Å²) < 4.78 is 5.79. The van der Waals surface area contributed by atoms with Crippen LogP contribution in [0.2, 0.25) is 0 Å². The van der Waals surface area contributed by atoms with E-state index in [0.717, 1.165) is 18.3 Å². The molecule has 4 saturated carbocycles. The number of hydrogen-bond donors (Lipinski definition) is 0. The molecule has 1 spiro atoms. The fourth-order valence-corrected chi connectivity index (χ4v) is 6.64. The zero-order chi connectivity index (χ0) is 11.9. The maximum Gasteiger partial charge on any atom is 0.303 e. The van der Waals surface area contributed by atoms with Crippen LogP contribution in [0.4, 0.5) is 0 Å². The van der Waals surface area contributed by atoms with Crippen molar-refractivity contribution in [3.8, 4) is 0 Å². The van der Waals surface area contributed by atoms with Crippen molar-refractivity contribution in [2.24, 2.45) is 22.7 Å². The minimum absolute atomic E-state index is 0.0488. The van der Waals surface area contributed by atoms with Gasteiger partial charge in [0.2, 0.25) is 0 Å². The normalized spacial score (nSPS) is 57.8. The highest BCUT2D eigenvalue weighted by Gasteiger charge is 2.77. The van der Waals surface area contributed by atoms with Gasteiger partial charge in [0.1, 0.15) is 5.60 Å². The average Bonchev–Trinajstić information content (AvgIpc) is 2.52. The molecule has 94 valence electrons. The number of rotatable bonds is 2. The number of fused-ring (bicyclic) bond motifs is 2. The van der Waals surface area contributed by atoms with Gasteiger partial charge in [0.15, 0.2) is 0 Å². The van der Waals surface area contributed by atoms with Crippen LogP contribution in [-0.4, -0.2) is 11.6 Å². The standard InChI is InChI=1S/C15H22O2/c1-3-13-4-11-5-14(17-10(2)16)8-12(7-13)15(13,6-11)9-14/h11-12H,3-9H2,1-2H3. The van der Waals surface area contributed by atoms with E-state index in [1.165, 1.54) is 38.5 Å². The van der Waals surface area contributed by atoms with Crippen LogP contribution in [-0.2, 0) is 9.53 Å². The molecule has 2 heteroatoms. The van der Waals surface area contributed by atoms with Gasteiger partial charge in [-0.15, -0.1) is 0 Å². The quantitative estimate of drug-likeness (QED) is 0.685. The molecule has 4 rings (SSSR count). The van der Waals surface area contributed by atoms with Crippen LogP contribution in [0.3, 0.4) is 0 Å². The lowest BCUT2D eigenvalue weighted by Gasteiger charge is -2.59. The highest BCUT2D eigenvalue weighted by atomic mass is 16.6. The second-order valence-electron chi connectivity index (χ2n) is 7.33. The van der Waals surface area contributed by atoms with Crippen molar-refractivity contribution < 1.29 is 9.53 Å². The molecule has 0 aliphatic heterocycles. The van der Waals surface area contributed by atoms with Gasteiger partial charge in [-0.25, -0.2) is 0 Å². The van der Waals surface area contributed by atoms with Gasteiger partial charge in [-0.05, 0) is 67.6 Å². The first kappa shape index (κ1) is 10.4. The lowest BCUT2D eigenvalue weighted by atomic mass is 9.45. The molecule has 2 nitrogen and oxygen atoms in total. The van der Waals surface area contributed by atoms with E-state index in [0.29, 0.717) is 10.8 Å². The molecule has 0 heterocycles. The molecular formula is C15H22O2. The first-order valence-electron chi connectivity index (χ1n) is 7.23. The molecule has 4 aliphatic carbocycles. The minimum Gasteiger partial charge on any atom is -0.459 e. The van der Waals surface area contributed by atoms with Gasteiger partial charge in [0.05, 0.1) is 0 Å². The third-order valence-electron chi connectivity index (χ3n) is 6.76. The highest BCUT2D eigenvalue weighted by Crippen LogP contribution is 2.83. The molecule has 17 heavy (non-hydrogen) atoms. The first-order valence-corrected chi connectivity index (χ1v) is 7.23. The summed E-state index contributed by atoms with van der Waals surface area (Å²) in [4.78, 5) is 11.4. The predicted molar refractivity (Wildman–Crippen MR) is 64.3 cm³/mol. The number of ether oxygens (including phenoxy) is 1. The lowest BCUT2D eigenvalue weighted by molar-refractivity contribution is -0.161. The topological polar surface area (TPSA) is 26.3 Å². The van der Waals surface area contributed by atoms with Gasteiger partial charge in [0, 0.05) is 6.92 Å². The van der Waals surface area contributed by atoms with E-state index in [-0.39, 0.29) is 11.6 Å². The Labute approximate surface area is 103 Å². The van der Waals surface area contributed by atoms with Crippen molar-refractivity contribution in [3.63, 3.8) is 0 Å². The number of carbonyl (C=O) groups excluding carboxylic acids is 1. The van der Waals surface area contributed by atoms with Crippen molar-refractivity contribution >= 4 is 5.97 Å². The molecule has 0 radical (unpaired) electrons. The summed E-state index contributed by atoms with van der Waals surface area (Å²) in [6.45, 7) is 3.95. The largest absolute Gasteiger partial charge is 0.459 e. The van der Waals surface area contributed by atoms with E-state index >= 15 is 0 Å². The second kappa shape index (κ2) is 2.73. The maximum atomic E-state index is 11.4. The summed E-state index contributed by atoms with van der Waals surface area (Å²) in [5.41, 5.74) is 1.17. The Morgan fingerprint density at radius 1 is 1.24 bits per heavy atom. The van der Waals surface area contributed by atoms with Crippen LogP contribution in [0, 0.1) is 22.7 Å².